The third kappa shape index (κ3) is 1.24. The SMILES string of the molecule is CC12CCCCN1OS(=O)(=O)O2. The quantitative estimate of drug-likeness (QED) is 0.557. The molecule has 2 aliphatic heterocycles. The number of piperidine rings is 1. The van der Waals surface area contributed by atoms with E-state index in [0.717, 1.165) is 12.8 Å². The van der Waals surface area contributed by atoms with Gasteiger partial charge >= 0.3 is 10.4 Å². The molecular formula is C6H11NO4S. The molecule has 12 heavy (non-hydrogen) atoms. The predicted molar refractivity (Wildman–Crippen MR) is 40.1 cm³/mol. The molecule has 0 spiro atoms. The fraction of sp³-hybridized carbons (Fsp3) is 1.00. The first-order valence-corrected chi connectivity index (χ1v) is 5.28. The van der Waals surface area contributed by atoms with Crippen LogP contribution in [-0.4, -0.2) is 25.8 Å². The van der Waals surface area contributed by atoms with Crippen molar-refractivity contribution in [2.75, 3.05) is 6.54 Å². The monoisotopic (exact) mass is 193 g/mol. The van der Waals surface area contributed by atoms with Crippen LogP contribution in [0.5, 0.6) is 0 Å². The Morgan fingerprint density at radius 1 is 1.42 bits per heavy atom. The molecule has 5 nitrogen and oxygen atoms in total. The fourth-order valence-corrected chi connectivity index (χ4v) is 2.70. The zero-order valence-electron chi connectivity index (χ0n) is 6.82. The first-order chi connectivity index (χ1) is 5.52. The molecule has 0 bridgehead atoms. The highest BCUT2D eigenvalue weighted by atomic mass is 32.3. The van der Waals surface area contributed by atoms with Crippen LogP contribution in [0, 0.1) is 0 Å². The summed E-state index contributed by atoms with van der Waals surface area (Å²) >= 11 is 0. The summed E-state index contributed by atoms with van der Waals surface area (Å²) in [5.41, 5.74) is -0.753. The Bertz CT molecular complexity index is 288. The second kappa shape index (κ2) is 2.41. The summed E-state index contributed by atoms with van der Waals surface area (Å²) in [6.45, 7) is 2.35. The molecule has 1 atom stereocenters. The van der Waals surface area contributed by atoms with Gasteiger partial charge in [0.1, 0.15) is 0 Å². The van der Waals surface area contributed by atoms with Gasteiger partial charge in [-0.15, -0.1) is 5.06 Å². The molecular weight excluding hydrogens is 182 g/mol. The summed E-state index contributed by atoms with van der Waals surface area (Å²) in [5.74, 6) is 0. The second-order valence-electron chi connectivity index (χ2n) is 3.30. The molecule has 0 aromatic rings. The van der Waals surface area contributed by atoms with Crippen LogP contribution in [-0.2, 0) is 18.9 Å². The zero-order valence-corrected chi connectivity index (χ0v) is 7.63. The van der Waals surface area contributed by atoms with Gasteiger partial charge in [0.25, 0.3) is 0 Å². The van der Waals surface area contributed by atoms with Gasteiger partial charge in [0.05, 0.1) is 0 Å². The number of nitrogens with zero attached hydrogens (tertiary/aromatic N) is 1. The van der Waals surface area contributed by atoms with Crippen molar-refractivity contribution in [2.24, 2.45) is 0 Å². The third-order valence-corrected chi connectivity index (χ3v) is 3.17. The van der Waals surface area contributed by atoms with Crippen LogP contribution in [0.2, 0.25) is 0 Å². The molecule has 2 saturated heterocycles. The zero-order chi connectivity index (χ0) is 8.82. The predicted octanol–water partition coefficient (Wildman–Crippen LogP) is 0.395. The highest BCUT2D eigenvalue weighted by molar-refractivity contribution is 7.82. The average Bonchev–Trinajstić information content (AvgIpc) is 2.16. The summed E-state index contributed by atoms with van der Waals surface area (Å²) in [6.07, 6.45) is 2.63. The summed E-state index contributed by atoms with van der Waals surface area (Å²) in [6, 6.07) is 0. The molecule has 2 aliphatic rings. The van der Waals surface area contributed by atoms with Crippen LogP contribution in [0.4, 0.5) is 0 Å². The Kier molecular flexibility index (Phi) is 1.69. The van der Waals surface area contributed by atoms with Gasteiger partial charge in [0.2, 0.25) is 0 Å². The summed E-state index contributed by atoms with van der Waals surface area (Å²) in [7, 11) is -3.76. The van der Waals surface area contributed by atoms with Gasteiger partial charge < -0.3 is 0 Å². The Balaban J connectivity index is 2.28. The molecule has 2 rings (SSSR count). The van der Waals surface area contributed by atoms with Gasteiger partial charge in [-0.25, -0.2) is 4.18 Å². The fourth-order valence-electron chi connectivity index (χ4n) is 1.61. The molecule has 0 radical (unpaired) electrons. The Labute approximate surface area is 71.5 Å². The van der Waals surface area contributed by atoms with Crippen molar-refractivity contribution in [3.63, 3.8) is 0 Å². The maximum Gasteiger partial charge on any atom is 0.418 e. The molecule has 0 N–H and O–H groups in total. The van der Waals surface area contributed by atoms with E-state index in [1.54, 1.807) is 6.92 Å². The first-order valence-electron chi connectivity index (χ1n) is 3.95. The van der Waals surface area contributed by atoms with Crippen molar-refractivity contribution in [3.8, 4) is 0 Å². The molecule has 0 saturated carbocycles. The largest absolute Gasteiger partial charge is 0.418 e. The van der Waals surface area contributed by atoms with Crippen molar-refractivity contribution in [1.29, 1.82) is 0 Å². The van der Waals surface area contributed by atoms with E-state index in [9.17, 15) is 8.42 Å². The normalized spacial score (nSPS) is 41.1. The standard InChI is InChI=1S/C6H11NO4S/c1-6-4-2-3-5-7(6)11-12(8,9)10-6/h2-5H2,1H3. The van der Waals surface area contributed by atoms with Gasteiger partial charge in [-0.2, -0.15) is 12.7 Å². The molecule has 0 aromatic heterocycles. The number of hydrogen-bond acceptors (Lipinski definition) is 5. The van der Waals surface area contributed by atoms with Crippen molar-refractivity contribution >= 4 is 10.4 Å². The molecule has 6 heteroatoms. The topological polar surface area (TPSA) is 55.8 Å². The molecule has 70 valence electrons. The van der Waals surface area contributed by atoms with E-state index in [1.807, 2.05) is 0 Å². The number of fused-ring (bicyclic) bond motifs is 1. The minimum atomic E-state index is -3.76. The van der Waals surface area contributed by atoms with Crippen LogP contribution < -0.4 is 0 Å². The van der Waals surface area contributed by atoms with E-state index in [1.165, 1.54) is 5.06 Å². The van der Waals surface area contributed by atoms with Crippen molar-refractivity contribution in [2.45, 2.75) is 31.9 Å². The number of hydrogen-bond donors (Lipinski definition) is 0. The maximum atomic E-state index is 10.9. The average molecular weight is 193 g/mol. The van der Waals surface area contributed by atoms with Crippen LogP contribution in [0.15, 0.2) is 0 Å². The van der Waals surface area contributed by atoms with Gasteiger partial charge in [-0.1, -0.05) is 0 Å². The second-order valence-corrected chi connectivity index (χ2v) is 4.43. The van der Waals surface area contributed by atoms with Crippen LogP contribution in [0.1, 0.15) is 26.2 Å². The van der Waals surface area contributed by atoms with Crippen molar-refractivity contribution in [1.82, 2.24) is 5.06 Å². The van der Waals surface area contributed by atoms with Gasteiger partial charge in [-0.3, -0.25) is 0 Å². The third-order valence-electron chi connectivity index (χ3n) is 2.24. The molecule has 0 amide bonds. The smallest absolute Gasteiger partial charge is 0.222 e. The van der Waals surface area contributed by atoms with Crippen LogP contribution in [0.3, 0.4) is 0 Å². The lowest BCUT2D eigenvalue weighted by Crippen LogP contribution is -2.44. The molecule has 2 heterocycles. The van der Waals surface area contributed by atoms with E-state index >= 15 is 0 Å². The lowest BCUT2D eigenvalue weighted by atomic mass is 10.0. The van der Waals surface area contributed by atoms with Gasteiger partial charge in [0, 0.05) is 6.54 Å². The van der Waals surface area contributed by atoms with E-state index in [0.29, 0.717) is 13.0 Å². The lowest BCUT2D eigenvalue weighted by Gasteiger charge is -2.32. The van der Waals surface area contributed by atoms with E-state index in [4.69, 9.17) is 4.18 Å². The minimum Gasteiger partial charge on any atom is -0.222 e. The van der Waals surface area contributed by atoms with E-state index in [2.05, 4.69) is 4.28 Å². The maximum absolute atomic E-state index is 10.9. The van der Waals surface area contributed by atoms with Crippen LogP contribution >= 0.6 is 0 Å². The Morgan fingerprint density at radius 3 is 2.83 bits per heavy atom. The van der Waals surface area contributed by atoms with E-state index < -0.39 is 16.1 Å². The van der Waals surface area contributed by atoms with Crippen molar-refractivity contribution < 1.29 is 16.9 Å². The molecule has 2 fully saturated rings. The molecule has 0 aromatic carbocycles. The Morgan fingerprint density at radius 2 is 2.17 bits per heavy atom. The lowest BCUT2D eigenvalue weighted by molar-refractivity contribution is -0.177. The summed E-state index contributed by atoms with van der Waals surface area (Å²) in [5, 5.41) is 1.41. The van der Waals surface area contributed by atoms with Crippen molar-refractivity contribution in [3.05, 3.63) is 0 Å². The minimum absolute atomic E-state index is 0.621. The highest BCUT2D eigenvalue weighted by Crippen LogP contribution is 2.36. The summed E-state index contributed by atoms with van der Waals surface area (Å²) < 4.78 is 31.3. The molecule has 0 aliphatic carbocycles. The van der Waals surface area contributed by atoms with Gasteiger partial charge in [-0.05, 0) is 26.2 Å². The molecule has 1 unspecified atom stereocenters. The Hall–Kier alpha value is -0.170. The summed E-state index contributed by atoms with van der Waals surface area (Å²) in [4.78, 5) is 0. The highest BCUT2D eigenvalue weighted by Gasteiger charge is 2.49. The van der Waals surface area contributed by atoms with Crippen LogP contribution in [0.25, 0.3) is 0 Å². The first kappa shape index (κ1) is 8.43. The number of hydroxylamine groups is 2. The number of rotatable bonds is 0. The van der Waals surface area contributed by atoms with E-state index in [-0.39, 0.29) is 0 Å². The van der Waals surface area contributed by atoms with Gasteiger partial charge in [0.15, 0.2) is 5.72 Å².